The number of hydrogen-bond acceptors (Lipinski definition) is 3. The lowest BCUT2D eigenvalue weighted by atomic mass is 9.87. The van der Waals surface area contributed by atoms with Gasteiger partial charge in [0.25, 0.3) is 0 Å². The number of benzene rings is 2. The van der Waals surface area contributed by atoms with Gasteiger partial charge < -0.3 is 0 Å². The van der Waals surface area contributed by atoms with Gasteiger partial charge in [-0.3, -0.25) is 4.90 Å². The zero-order valence-electron chi connectivity index (χ0n) is 19.1. The molecule has 1 aliphatic rings. The van der Waals surface area contributed by atoms with Gasteiger partial charge in [0, 0.05) is 23.4 Å². The molecular formula is C28H37NS2. The minimum absolute atomic E-state index is 0.449. The molecule has 3 heteroatoms. The molecule has 0 amide bonds. The maximum absolute atomic E-state index is 4.28. The van der Waals surface area contributed by atoms with E-state index in [0.717, 1.165) is 19.5 Å². The van der Waals surface area contributed by atoms with Crippen molar-refractivity contribution in [2.75, 3.05) is 11.5 Å². The van der Waals surface area contributed by atoms with Gasteiger partial charge in [0.05, 0.1) is 0 Å². The highest BCUT2D eigenvalue weighted by Gasteiger charge is 2.26. The van der Waals surface area contributed by atoms with Gasteiger partial charge >= 0.3 is 0 Å². The van der Waals surface area contributed by atoms with E-state index >= 15 is 0 Å². The Morgan fingerprint density at radius 2 is 1.45 bits per heavy atom. The average molecular weight is 452 g/mol. The van der Waals surface area contributed by atoms with E-state index in [0.29, 0.717) is 17.9 Å². The molecule has 0 bridgehead atoms. The molecule has 0 aliphatic carbocycles. The van der Waals surface area contributed by atoms with Gasteiger partial charge in [-0.15, -0.1) is 30.1 Å². The predicted octanol–water partition coefficient (Wildman–Crippen LogP) is 8.01. The number of allylic oxidation sites excluding steroid dienone is 1. The lowest BCUT2D eigenvalue weighted by Crippen LogP contribution is -2.40. The monoisotopic (exact) mass is 451 g/mol. The maximum atomic E-state index is 4.28. The summed E-state index contributed by atoms with van der Waals surface area (Å²) in [5.74, 6) is 3.63. The van der Waals surface area contributed by atoms with Gasteiger partial charge in [0.1, 0.15) is 0 Å². The summed E-state index contributed by atoms with van der Waals surface area (Å²) in [6.45, 7) is 10.9. The van der Waals surface area contributed by atoms with Crippen LogP contribution in [0.1, 0.15) is 44.2 Å². The van der Waals surface area contributed by atoms with Crippen molar-refractivity contribution in [1.29, 1.82) is 0 Å². The first kappa shape index (κ1) is 24.2. The van der Waals surface area contributed by atoms with Gasteiger partial charge in [-0.2, -0.15) is 0 Å². The first-order chi connectivity index (χ1) is 15.2. The summed E-state index contributed by atoms with van der Waals surface area (Å²) in [5, 5.41) is 0. The Balaban J connectivity index is 1.85. The van der Waals surface area contributed by atoms with Crippen molar-refractivity contribution in [2.24, 2.45) is 11.8 Å². The van der Waals surface area contributed by atoms with Crippen LogP contribution in [0, 0.1) is 11.8 Å². The van der Waals surface area contributed by atoms with Crippen LogP contribution in [0.4, 0.5) is 0 Å². The van der Waals surface area contributed by atoms with Crippen LogP contribution >= 0.6 is 23.5 Å². The molecule has 166 valence electrons. The Kier molecular flexibility index (Phi) is 10.3. The van der Waals surface area contributed by atoms with E-state index < -0.39 is 0 Å². The highest BCUT2D eigenvalue weighted by atomic mass is 32.2. The first-order valence-corrected chi connectivity index (χ1v) is 13.5. The van der Waals surface area contributed by atoms with Gasteiger partial charge in [-0.05, 0) is 53.7 Å². The summed E-state index contributed by atoms with van der Waals surface area (Å²) in [6, 6.07) is 22.3. The van der Waals surface area contributed by atoms with Gasteiger partial charge in [-0.1, -0.05) is 86.7 Å². The predicted molar refractivity (Wildman–Crippen MR) is 141 cm³/mol. The molecule has 1 heterocycles. The van der Waals surface area contributed by atoms with Crippen LogP contribution in [0.25, 0.3) is 0 Å². The molecule has 1 fully saturated rings. The Hall–Kier alpha value is -1.42. The second kappa shape index (κ2) is 13.2. The number of rotatable bonds is 11. The zero-order valence-corrected chi connectivity index (χ0v) is 20.7. The SMILES string of the molecule is C=C[C@@H](CC=C1SCCCS1)[C@H](CC(C)C)N(Cc1ccccc1)Cc1ccccc1. The van der Waals surface area contributed by atoms with Crippen LogP contribution in [0.3, 0.4) is 0 Å². The van der Waals surface area contributed by atoms with E-state index in [1.54, 1.807) is 0 Å². The second-order valence-electron chi connectivity index (χ2n) is 8.78. The lowest BCUT2D eigenvalue weighted by molar-refractivity contribution is 0.122. The van der Waals surface area contributed by atoms with Crippen molar-refractivity contribution in [3.63, 3.8) is 0 Å². The molecule has 0 aromatic heterocycles. The van der Waals surface area contributed by atoms with Gasteiger partial charge in [0.15, 0.2) is 0 Å². The van der Waals surface area contributed by atoms with E-state index in [2.05, 4.69) is 98.1 Å². The average Bonchev–Trinajstić information content (AvgIpc) is 2.80. The summed E-state index contributed by atoms with van der Waals surface area (Å²) in [7, 11) is 0. The van der Waals surface area contributed by atoms with Crippen LogP contribution in [0.5, 0.6) is 0 Å². The summed E-state index contributed by atoms with van der Waals surface area (Å²) in [5.41, 5.74) is 2.76. The highest BCUT2D eigenvalue weighted by molar-refractivity contribution is 8.22. The largest absolute Gasteiger partial charge is 0.291 e. The Morgan fingerprint density at radius 3 is 1.94 bits per heavy atom. The van der Waals surface area contributed by atoms with Crippen LogP contribution in [-0.4, -0.2) is 22.4 Å². The smallest absolute Gasteiger partial charge is 0.0361 e. The third kappa shape index (κ3) is 8.21. The normalized spacial score (nSPS) is 16.3. The first-order valence-electron chi connectivity index (χ1n) is 11.6. The van der Waals surface area contributed by atoms with Crippen molar-refractivity contribution in [3.05, 3.63) is 94.8 Å². The van der Waals surface area contributed by atoms with Crippen molar-refractivity contribution < 1.29 is 0 Å². The third-order valence-corrected chi connectivity index (χ3v) is 8.36. The molecule has 1 nitrogen and oxygen atoms in total. The molecule has 2 aromatic carbocycles. The number of hydrogen-bond donors (Lipinski definition) is 0. The van der Waals surface area contributed by atoms with Crippen molar-refractivity contribution in [1.82, 2.24) is 4.90 Å². The van der Waals surface area contributed by atoms with Gasteiger partial charge in [0.2, 0.25) is 0 Å². The maximum Gasteiger partial charge on any atom is 0.0361 e. The lowest BCUT2D eigenvalue weighted by Gasteiger charge is -2.37. The highest BCUT2D eigenvalue weighted by Crippen LogP contribution is 2.36. The van der Waals surface area contributed by atoms with Crippen LogP contribution < -0.4 is 0 Å². The van der Waals surface area contributed by atoms with E-state index in [1.165, 1.54) is 39.7 Å². The Labute approximate surface area is 198 Å². The Bertz CT molecular complexity index is 751. The minimum Gasteiger partial charge on any atom is -0.291 e. The Morgan fingerprint density at radius 1 is 0.903 bits per heavy atom. The summed E-state index contributed by atoms with van der Waals surface area (Å²) < 4.78 is 1.51. The number of thioether (sulfide) groups is 2. The fraction of sp³-hybridized carbons (Fsp3) is 0.429. The summed E-state index contributed by atoms with van der Waals surface area (Å²) in [4.78, 5) is 2.69. The van der Waals surface area contributed by atoms with Crippen LogP contribution in [0.15, 0.2) is 83.6 Å². The van der Waals surface area contributed by atoms with E-state index in [-0.39, 0.29) is 0 Å². The molecular weight excluding hydrogens is 414 g/mol. The minimum atomic E-state index is 0.449. The number of nitrogens with zero attached hydrogens (tertiary/aromatic N) is 1. The molecule has 0 spiro atoms. The quantitative estimate of drug-likeness (QED) is 0.319. The molecule has 1 aliphatic heterocycles. The second-order valence-corrected chi connectivity index (χ2v) is 11.3. The van der Waals surface area contributed by atoms with Crippen molar-refractivity contribution in [3.8, 4) is 0 Å². The van der Waals surface area contributed by atoms with Crippen LogP contribution in [0.2, 0.25) is 0 Å². The van der Waals surface area contributed by atoms with Crippen molar-refractivity contribution >= 4 is 23.5 Å². The fourth-order valence-electron chi connectivity index (χ4n) is 4.21. The molecule has 0 N–H and O–H groups in total. The summed E-state index contributed by atoms with van der Waals surface area (Å²) >= 11 is 4.06. The van der Waals surface area contributed by atoms with E-state index in [4.69, 9.17) is 0 Å². The molecule has 1 saturated heterocycles. The third-order valence-electron chi connectivity index (χ3n) is 5.77. The van der Waals surface area contributed by atoms with E-state index in [9.17, 15) is 0 Å². The van der Waals surface area contributed by atoms with Crippen molar-refractivity contribution in [2.45, 2.75) is 52.2 Å². The molecule has 0 saturated carbocycles. The molecule has 2 atom stereocenters. The summed E-state index contributed by atoms with van der Waals surface area (Å²) in [6.07, 6.45) is 8.29. The van der Waals surface area contributed by atoms with Gasteiger partial charge in [-0.25, -0.2) is 0 Å². The molecule has 0 unspecified atom stereocenters. The standard InChI is InChI=1S/C28H37NS2/c1-4-26(16-17-28-30-18-11-19-31-28)27(20-23(2)3)29(21-24-12-7-5-8-13-24)22-25-14-9-6-10-15-25/h4-10,12-15,17,23,26-27H,1,11,16,18-22H2,2-3H3/t26-,27-/m0/s1. The van der Waals surface area contributed by atoms with Crippen LogP contribution in [-0.2, 0) is 13.1 Å². The molecule has 2 aromatic rings. The van der Waals surface area contributed by atoms with E-state index in [1.807, 2.05) is 23.5 Å². The zero-order chi connectivity index (χ0) is 21.9. The molecule has 31 heavy (non-hydrogen) atoms. The fourth-order valence-corrected chi connectivity index (χ4v) is 6.63. The topological polar surface area (TPSA) is 3.24 Å². The molecule has 0 radical (unpaired) electrons. The molecule has 3 rings (SSSR count).